The SMILES string of the molecule is CCc1ccc(CC2N=C(c3ccc(O)cc3)c3cc(Cl)ccc3CC2=O)cc1CC. The van der Waals surface area contributed by atoms with Gasteiger partial charge in [0.1, 0.15) is 11.8 Å². The lowest BCUT2D eigenvalue weighted by atomic mass is 9.94. The number of aromatic hydroxyl groups is 1. The molecule has 3 nitrogen and oxygen atoms in total. The number of halogens is 1. The summed E-state index contributed by atoms with van der Waals surface area (Å²) in [4.78, 5) is 18.2. The zero-order chi connectivity index (χ0) is 22.0. The summed E-state index contributed by atoms with van der Waals surface area (Å²) in [7, 11) is 0. The number of phenolic OH excluding ortho intramolecular Hbond substituents is 1. The molecule has 0 amide bonds. The summed E-state index contributed by atoms with van der Waals surface area (Å²) < 4.78 is 0. The highest BCUT2D eigenvalue weighted by molar-refractivity contribution is 6.31. The Bertz CT molecular complexity index is 1150. The summed E-state index contributed by atoms with van der Waals surface area (Å²) >= 11 is 6.29. The van der Waals surface area contributed by atoms with Crippen molar-refractivity contribution in [1.29, 1.82) is 0 Å². The number of carbonyl (C=O) groups is 1. The maximum atomic E-state index is 13.2. The fourth-order valence-electron chi connectivity index (χ4n) is 4.24. The summed E-state index contributed by atoms with van der Waals surface area (Å²) in [5, 5.41) is 10.3. The van der Waals surface area contributed by atoms with Crippen molar-refractivity contribution in [3.8, 4) is 5.75 Å². The number of Topliss-reactive ketones (excluding diaryl/α,β-unsaturated/α-hetero) is 1. The minimum atomic E-state index is -0.466. The van der Waals surface area contributed by atoms with Gasteiger partial charge in [-0.2, -0.15) is 0 Å². The van der Waals surface area contributed by atoms with Gasteiger partial charge in [0.2, 0.25) is 0 Å². The van der Waals surface area contributed by atoms with Crippen LogP contribution in [-0.2, 0) is 30.5 Å². The Morgan fingerprint density at radius 1 is 0.968 bits per heavy atom. The molecule has 1 aliphatic heterocycles. The maximum absolute atomic E-state index is 13.2. The van der Waals surface area contributed by atoms with Crippen LogP contribution in [0.15, 0.2) is 65.7 Å². The maximum Gasteiger partial charge on any atom is 0.162 e. The number of carbonyl (C=O) groups excluding carboxylic acids is 1. The van der Waals surface area contributed by atoms with E-state index in [2.05, 4.69) is 32.0 Å². The van der Waals surface area contributed by atoms with Gasteiger partial charge < -0.3 is 5.11 Å². The summed E-state index contributed by atoms with van der Waals surface area (Å²) in [5.74, 6) is 0.301. The van der Waals surface area contributed by atoms with E-state index in [1.54, 1.807) is 12.1 Å². The second-order valence-corrected chi connectivity index (χ2v) is 8.44. The molecule has 1 heterocycles. The first-order valence-electron chi connectivity index (χ1n) is 10.8. The van der Waals surface area contributed by atoms with E-state index >= 15 is 0 Å². The van der Waals surface area contributed by atoms with Crippen LogP contribution in [0, 0.1) is 0 Å². The highest BCUT2D eigenvalue weighted by atomic mass is 35.5. The zero-order valence-corrected chi connectivity index (χ0v) is 18.6. The van der Waals surface area contributed by atoms with Gasteiger partial charge in [0.15, 0.2) is 5.78 Å². The molecule has 0 bridgehead atoms. The lowest BCUT2D eigenvalue weighted by Crippen LogP contribution is -2.23. The van der Waals surface area contributed by atoms with Gasteiger partial charge in [0.05, 0.1) is 5.71 Å². The van der Waals surface area contributed by atoms with Crippen molar-refractivity contribution in [1.82, 2.24) is 0 Å². The molecule has 158 valence electrons. The number of phenols is 1. The number of rotatable bonds is 5. The van der Waals surface area contributed by atoms with Crippen molar-refractivity contribution in [2.24, 2.45) is 4.99 Å². The molecule has 1 atom stereocenters. The van der Waals surface area contributed by atoms with Gasteiger partial charge >= 0.3 is 0 Å². The van der Waals surface area contributed by atoms with E-state index in [1.165, 1.54) is 11.1 Å². The predicted molar refractivity (Wildman–Crippen MR) is 127 cm³/mol. The minimum absolute atomic E-state index is 0.106. The fourth-order valence-corrected chi connectivity index (χ4v) is 4.41. The van der Waals surface area contributed by atoms with Gasteiger partial charge in [0.25, 0.3) is 0 Å². The van der Waals surface area contributed by atoms with E-state index in [9.17, 15) is 9.90 Å². The van der Waals surface area contributed by atoms with Gasteiger partial charge in [-0.15, -0.1) is 0 Å². The molecular weight excluding hydrogens is 406 g/mol. The zero-order valence-electron chi connectivity index (χ0n) is 17.9. The lowest BCUT2D eigenvalue weighted by Gasteiger charge is -2.14. The summed E-state index contributed by atoms with van der Waals surface area (Å²) in [6.07, 6.45) is 2.88. The van der Waals surface area contributed by atoms with Crippen molar-refractivity contribution < 1.29 is 9.90 Å². The van der Waals surface area contributed by atoms with E-state index in [0.717, 1.165) is 40.8 Å². The molecule has 31 heavy (non-hydrogen) atoms. The third-order valence-electron chi connectivity index (χ3n) is 5.95. The average Bonchev–Trinajstić information content (AvgIpc) is 2.90. The van der Waals surface area contributed by atoms with Gasteiger partial charge in [-0.1, -0.05) is 49.7 Å². The molecule has 4 heteroatoms. The molecule has 0 aromatic heterocycles. The Hall–Kier alpha value is -2.91. The molecular formula is C27H26ClNO2. The highest BCUT2D eigenvalue weighted by Crippen LogP contribution is 2.27. The van der Waals surface area contributed by atoms with E-state index in [0.29, 0.717) is 17.9 Å². The quantitative estimate of drug-likeness (QED) is 0.559. The molecule has 3 aromatic carbocycles. The summed E-state index contributed by atoms with van der Waals surface area (Å²) in [5.41, 5.74) is 7.23. The van der Waals surface area contributed by atoms with E-state index < -0.39 is 6.04 Å². The highest BCUT2D eigenvalue weighted by Gasteiger charge is 2.26. The molecule has 0 saturated heterocycles. The molecule has 3 aromatic rings. The molecule has 0 spiro atoms. The monoisotopic (exact) mass is 431 g/mol. The molecule has 1 aliphatic rings. The average molecular weight is 432 g/mol. The van der Waals surface area contributed by atoms with Gasteiger partial charge in [-0.05, 0) is 71.5 Å². The first-order chi connectivity index (χ1) is 15.0. The van der Waals surface area contributed by atoms with Crippen LogP contribution < -0.4 is 0 Å². The lowest BCUT2D eigenvalue weighted by molar-refractivity contribution is -0.119. The number of hydrogen-bond acceptors (Lipinski definition) is 3. The topological polar surface area (TPSA) is 49.7 Å². The molecule has 0 aliphatic carbocycles. The number of benzene rings is 3. The van der Waals surface area contributed by atoms with Gasteiger partial charge in [-0.25, -0.2) is 0 Å². The summed E-state index contributed by atoms with van der Waals surface area (Å²) in [6, 6.07) is 18.6. The second-order valence-electron chi connectivity index (χ2n) is 8.00. The van der Waals surface area contributed by atoms with Crippen LogP contribution in [0.5, 0.6) is 5.75 Å². The van der Waals surface area contributed by atoms with Gasteiger partial charge in [0, 0.05) is 29.0 Å². The van der Waals surface area contributed by atoms with Crippen LogP contribution in [0.25, 0.3) is 0 Å². The standard InChI is InChI=1S/C27H26ClNO2/c1-3-18-6-5-17(13-19(18)4-2)14-25-26(31)15-21-7-10-22(28)16-24(21)27(29-25)20-8-11-23(30)12-9-20/h5-13,16,25,30H,3-4,14-15H2,1-2H3. The fraction of sp³-hybridized carbons (Fsp3) is 0.259. The normalized spacial score (nSPS) is 15.9. The molecule has 0 saturated carbocycles. The number of fused-ring (bicyclic) bond motifs is 1. The molecule has 1 unspecified atom stereocenters. The summed E-state index contributed by atoms with van der Waals surface area (Å²) in [6.45, 7) is 4.33. The molecule has 0 fully saturated rings. The number of aliphatic imine (C=N–C) groups is 1. The number of ketones is 1. The van der Waals surface area contributed by atoms with E-state index in [4.69, 9.17) is 16.6 Å². The van der Waals surface area contributed by atoms with Crippen molar-refractivity contribution >= 4 is 23.1 Å². The Morgan fingerprint density at radius 2 is 1.71 bits per heavy atom. The van der Waals surface area contributed by atoms with E-state index in [-0.39, 0.29) is 11.5 Å². The predicted octanol–water partition coefficient (Wildman–Crippen LogP) is 5.74. The third kappa shape index (κ3) is 4.57. The van der Waals surface area contributed by atoms with Crippen LogP contribution in [-0.4, -0.2) is 22.6 Å². The van der Waals surface area contributed by atoms with Crippen LogP contribution >= 0.6 is 11.6 Å². The minimum Gasteiger partial charge on any atom is -0.508 e. The molecule has 4 rings (SSSR count). The van der Waals surface area contributed by atoms with Crippen molar-refractivity contribution in [3.63, 3.8) is 0 Å². The van der Waals surface area contributed by atoms with Crippen molar-refractivity contribution in [3.05, 3.63) is 99.1 Å². The van der Waals surface area contributed by atoms with Gasteiger partial charge in [-0.3, -0.25) is 9.79 Å². The van der Waals surface area contributed by atoms with Crippen molar-refractivity contribution in [2.75, 3.05) is 0 Å². The number of aryl methyl sites for hydroxylation is 2. The van der Waals surface area contributed by atoms with Crippen LogP contribution in [0.2, 0.25) is 5.02 Å². The van der Waals surface area contributed by atoms with E-state index in [1.807, 2.05) is 30.3 Å². The first-order valence-corrected chi connectivity index (χ1v) is 11.2. The Kier molecular flexibility index (Phi) is 6.24. The Morgan fingerprint density at radius 3 is 2.42 bits per heavy atom. The Labute approximate surface area is 188 Å². The number of hydrogen-bond donors (Lipinski definition) is 1. The van der Waals surface area contributed by atoms with Crippen LogP contribution in [0.4, 0.5) is 0 Å². The molecule has 1 N–H and O–H groups in total. The third-order valence-corrected chi connectivity index (χ3v) is 6.19. The molecule has 0 radical (unpaired) electrons. The van der Waals surface area contributed by atoms with Crippen LogP contribution in [0.1, 0.15) is 47.2 Å². The first kappa shape index (κ1) is 21.3. The largest absolute Gasteiger partial charge is 0.508 e. The number of nitrogens with zero attached hydrogens (tertiary/aromatic N) is 1. The van der Waals surface area contributed by atoms with Crippen molar-refractivity contribution in [2.45, 2.75) is 45.6 Å². The van der Waals surface area contributed by atoms with Crippen LogP contribution in [0.3, 0.4) is 0 Å². The Balaban J connectivity index is 1.78. The smallest absolute Gasteiger partial charge is 0.162 e. The second kappa shape index (κ2) is 9.07.